The molecule has 0 radical (unpaired) electrons. The Bertz CT molecular complexity index is 1090. The zero-order valence-electron chi connectivity index (χ0n) is 20.3. The van der Waals surface area contributed by atoms with Crippen molar-refractivity contribution in [2.75, 3.05) is 26.3 Å². The molecule has 0 heterocycles. The van der Waals surface area contributed by atoms with Crippen molar-refractivity contribution >= 4 is 10.0 Å². The van der Waals surface area contributed by atoms with E-state index in [-0.39, 0.29) is 37.2 Å². The molecule has 0 saturated heterocycles. The zero-order valence-corrected chi connectivity index (χ0v) is 21.1. The molecule has 0 spiro atoms. The lowest BCUT2D eigenvalue weighted by Crippen LogP contribution is -2.46. The van der Waals surface area contributed by atoms with Gasteiger partial charge in [0.05, 0.1) is 4.90 Å². The van der Waals surface area contributed by atoms with Crippen LogP contribution in [0.5, 0.6) is 11.5 Å². The molecule has 3 rings (SSSR count). The first-order valence-corrected chi connectivity index (χ1v) is 13.3. The number of hydrogen-bond acceptors (Lipinski definition) is 7. The largest absolute Gasteiger partial charge is 0.491 e. The molecule has 3 atom stereocenters. The number of hydrogen-bond donors (Lipinski definition) is 3. The first-order chi connectivity index (χ1) is 17.2. The molecule has 3 unspecified atom stereocenters. The second-order valence-electron chi connectivity index (χ2n) is 8.75. The summed E-state index contributed by atoms with van der Waals surface area (Å²) in [6.45, 7) is 2.74. The number of rotatable bonds is 14. The monoisotopic (exact) mass is 514 g/mol. The number of aliphatic hydroxyl groups is 2. The summed E-state index contributed by atoms with van der Waals surface area (Å²) < 4.78 is 34.5. The van der Waals surface area contributed by atoms with Crippen LogP contribution >= 0.6 is 0 Å². The molecule has 36 heavy (non-hydrogen) atoms. The minimum absolute atomic E-state index is 0.0534. The Morgan fingerprint density at radius 1 is 0.778 bits per heavy atom. The Morgan fingerprint density at radius 3 is 1.64 bits per heavy atom. The van der Waals surface area contributed by atoms with Crippen LogP contribution < -0.4 is 14.6 Å². The fraction of sp³-hybridized carbons (Fsp3) is 0.333. The number of para-hydroxylation sites is 2. The van der Waals surface area contributed by atoms with E-state index in [1.807, 2.05) is 72.5 Å². The van der Waals surface area contributed by atoms with Gasteiger partial charge < -0.3 is 19.7 Å². The third kappa shape index (κ3) is 9.25. The molecule has 194 valence electrons. The van der Waals surface area contributed by atoms with Crippen LogP contribution in [0.4, 0.5) is 0 Å². The predicted octanol–water partition coefficient (Wildman–Crippen LogP) is 2.45. The van der Waals surface area contributed by atoms with Gasteiger partial charge in [-0.1, -0.05) is 48.5 Å². The molecule has 0 amide bonds. The molecule has 0 aliphatic heterocycles. The number of sulfonamides is 1. The number of nitrogens with zero attached hydrogens (tertiary/aromatic N) is 1. The smallest absolute Gasteiger partial charge is 0.238 e. The van der Waals surface area contributed by atoms with E-state index in [4.69, 9.17) is 14.6 Å². The maximum Gasteiger partial charge on any atom is 0.238 e. The Labute approximate surface area is 213 Å². The third-order valence-corrected chi connectivity index (χ3v) is 6.60. The van der Waals surface area contributed by atoms with Gasteiger partial charge in [-0.3, -0.25) is 4.90 Å². The minimum atomic E-state index is -3.76. The molecule has 0 bridgehead atoms. The van der Waals surface area contributed by atoms with E-state index in [0.717, 1.165) is 5.56 Å². The van der Waals surface area contributed by atoms with E-state index in [1.54, 1.807) is 12.1 Å². The van der Waals surface area contributed by atoms with Gasteiger partial charge in [-0.15, -0.1) is 0 Å². The molecule has 8 nitrogen and oxygen atoms in total. The summed E-state index contributed by atoms with van der Waals surface area (Å²) in [5.41, 5.74) is 0.907. The van der Waals surface area contributed by atoms with Gasteiger partial charge >= 0.3 is 0 Å². The maximum absolute atomic E-state index is 11.5. The maximum atomic E-state index is 11.5. The van der Waals surface area contributed by atoms with Crippen molar-refractivity contribution in [3.05, 3.63) is 90.5 Å². The van der Waals surface area contributed by atoms with Gasteiger partial charge in [0.15, 0.2) is 0 Å². The summed E-state index contributed by atoms with van der Waals surface area (Å²) in [5.74, 6) is 1.34. The highest BCUT2D eigenvalue weighted by atomic mass is 32.2. The number of aliphatic hydroxyl groups excluding tert-OH is 2. The lowest BCUT2D eigenvalue weighted by molar-refractivity contribution is 0.0167. The van der Waals surface area contributed by atoms with Crippen molar-refractivity contribution in [3.8, 4) is 11.5 Å². The fourth-order valence-electron chi connectivity index (χ4n) is 3.78. The van der Waals surface area contributed by atoms with Crippen molar-refractivity contribution in [3.63, 3.8) is 0 Å². The van der Waals surface area contributed by atoms with E-state index in [2.05, 4.69) is 0 Å². The first-order valence-electron chi connectivity index (χ1n) is 11.8. The molecule has 3 aromatic rings. The van der Waals surface area contributed by atoms with Gasteiger partial charge in [-0.2, -0.15) is 0 Å². The molecule has 4 N–H and O–H groups in total. The van der Waals surface area contributed by atoms with E-state index < -0.39 is 22.2 Å². The molecule has 0 aliphatic rings. The summed E-state index contributed by atoms with van der Waals surface area (Å²) in [6, 6.07) is 24.8. The summed E-state index contributed by atoms with van der Waals surface area (Å²) in [7, 11) is -3.76. The second kappa shape index (κ2) is 13.4. The number of benzene rings is 3. The SMILES string of the molecule is CC(Cc1ccc(S(N)(=O)=O)cc1)N(CC(O)COc1ccccc1)CC(O)COc1ccccc1. The molecule has 0 saturated carbocycles. The summed E-state index contributed by atoms with van der Waals surface area (Å²) in [4.78, 5) is 2.03. The molecule has 0 aromatic heterocycles. The molecular weight excluding hydrogens is 480 g/mol. The standard InChI is InChI=1S/C27H34N2O6S/c1-21(16-22-12-14-27(15-13-22)36(28,32)33)29(17-23(30)19-34-25-8-4-2-5-9-25)18-24(31)20-35-26-10-6-3-7-11-26/h2-15,21,23-24,30-31H,16-20H2,1H3,(H2,28,32,33). The average molecular weight is 515 g/mol. The molecule has 3 aromatic carbocycles. The van der Waals surface area contributed by atoms with Crippen molar-refractivity contribution in [1.29, 1.82) is 0 Å². The van der Waals surface area contributed by atoms with E-state index in [0.29, 0.717) is 17.9 Å². The van der Waals surface area contributed by atoms with Crippen LogP contribution in [0, 0.1) is 0 Å². The Balaban J connectivity index is 1.63. The number of nitrogens with two attached hydrogens (primary N) is 1. The Hall–Kier alpha value is -2.95. The average Bonchev–Trinajstić information content (AvgIpc) is 2.87. The highest BCUT2D eigenvalue weighted by molar-refractivity contribution is 7.89. The van der Waals surface area contributed by atoms with Gasteiger partial charge in [0.1, 0.15) is 36.9 Å². The zero-order chi connectivity index (χ0) is 26.0. The summed E-state index contributed by atoms with van der Waals surface area (Å²) >= 11 is 0. The van der Waals surface area contributed by atoms with Crippen LogP contribution in [0.2, 0.25) is 0 Å². The Morgan fingerprint density at radius 2 is 1.22 bits per heavy atom. The minimum Gasteiger partial charge on any atom is -0.491 e. The van der Waals surface area contributed by atoms with Crippen LogP contribution in [0.1, 0.15) is 12.5 Å². The van der Waals surface area contributed by atoms with Crippen molar-refractivity contribution in [2.45, 2.75) is 36.5 Å². The highest BCUT2D eigenvalue weighted by Crippen LogP contribution is 2.15. The van der Waals surface area contributed by atoms with Crippen LogP contribution in [0.25, 0.3) is 0 Å². The second-order valence-corrected chi connectivity index (χ2v) is 10.3. The van der Waals surface area contributed by atoms with E-state index >= 15 is 0 Å². The predicted molar refractivity (Wildman–Crippen MR) is 138 cm³/mol. The summed E-state index contributed by atoms with van der Waals surface area (Å²) in [6.07, 6.45) is -1.01. The van der Waals surface area contributed by atoms with Gasteiger partial charge in [-0.05, 0) is 55.3 Å². The topological polar surface area (TPSA) is 122 Å². The van der Waals surface area contributed by atoms with Crippen molar-refractivity contribution in [2.24, 2.45) is 5.14 Å². The van der Waals surface area contributed by atoms with Crippen molar-refractivity contribution in [1.82, 2.24) is 4.90 Å². The highest BCUT2D eigenvalue weighted by Gasteiger charge is 2.22. The van der Waals surface area contributed by atoms with Gasteiger partial charge in [0.25, 0.3) is 0 Å². The molecule has 0 fully saturated rings. The van der Waals surface area contributed by atoms with E-state index in [9.17, 15) is 18.6 Å². The van der Waals surface area contributed by atoms with Crippen molar-refractivity contribution < 1.29 is 28.1 Å². The lowest BCUT2D eigenvalue weighted by atomic mass is 10.0. The van der Waals surface area contributed by atoms with Gasteiger partial charge in [0, 0.05) is 19.1 Å². The van der Waals surface area contributed by atoms with Crippen LogP contribution in [-0.4, -0.2) is 68.1 Å². The third-order valence-electron chi connectivity index (χ3n) is 5.67. The lowest BCUT2D eigenvalue weighted by Gasteiger charge is -2.32. The number of primary sulfonamides is 1. The quantitative estimate of drug-likeness (QED) is 0.302. The van der Waals surface area contributed by atoms with Gasteiger partial charge in [0.2, 0.25) is 10.0 Å². The Kier molecular flexibility index (Phi) is 10.3. The fourth-order valence-corrected chi connectivity index (χ4v) is 4.30. The van der Waals surface area contributed by atoms with Crippen LogP contribution in [0.15, 0.2) is 89.8 Å². The van der Waals surface area contributed by atoms with E-state index in [1.165, 1.54) is 12.1 Å². The molecular formula is C27H34N2O6S. The number of ether oxygens (including phenoxy) is 2. The summed E-state index contributed by atoms with van der Waals surface area (Å²) in [5, 5.41) is 26.6. The van der Waals surface area contributed by atoms with Gasteiger partial charge in [-0.25, -0.2) is 13.6 Å². The van der Waals surface area contributed by atoms with Crippen LogP contribution in [-0.2, 0) is 16.4 Å². The molecule has 9 heteroatoms. The first kappa shape index (κ1) is 27.6. The normalized spacial score (nSPS) is 14.2. The molecule has 0 aliphatic carbocycles. The van der Waals surface area contributed by atoms with Crippen LogP contribution in [0.3, 0.4) is 0 Å².